The van der Waals surface area contributed by atoms with Crippen molar-refractivity contribution in [1.82, 2.24) is 0 Å². The van der Waals surface area contributed by atoms with Crippen LogP contribution in [-0.2, 0) is 4.74 Å². The number of aliphatic hydroxyl groups excluding tert-OH is 3. The average molecular weight is 148 g/mol. The number of aliphatic hydroxyl groups is 3. The van der Waals surface area contributed by atoms with Crippen LogP contribution in [-0.4, -0.2) is 46.3 Å². The van der Waals surface area contributed by atoms with E-state index in [1.807, 2.05) is 0 Å². The summed E-state index contributed by atoms with van der Waals surface area (Å²) < 4.78 is 4.91. The zero-order valence-corrected chi connectivity index (χ0v) is 5.77. The highest BCUT2D eigenvalue weighted by Gasteiger charge is 2.34. The Morgan fingerprint density at radius 2 is 1.80 bits per heavy atom. The fourth-order valence-electron chi connectivity index (χ4n) is 0.953. The Kier molecular flexibility index (Phi) is 2.25. The summed E-state index contributed by atoms with van der Waals surface area (Å²) in [4.78, 5) is 0. The van der Waals surface area contributed by atoms with Gasteiger partial charge in [0.2, 0.25) is 0 Å². The molecule has 4 nitrogen and oxygen atoms in total. The lowest BCUT2D eigenvalue weighted by Gasteiger charge is -2.33. The molecule has 0 aromatic rings. The maximum Gasteiger partial charge on any atom is 0.110 e. The third-order valence-electron chi connectivity index (χ3n) is 1.75. The summed E-state index contributed by atoms with van der Waals surface area (Å²) in [6.45, 7) is 1.75. The van der Waals surface area contributed by atoms with Crippen molar-refractivity contribution in [2.24, 2.45) is 0 Å². The summed E-state index contributed by atoms with van der Waals surface area (Å²) in [6, 6.07) is 0. The highest BCUT2D eigenvalue weighted by Crippen LogP contribution is 2.14. The highest BCUT2D eigenvalue weighted by molar-refractivity contribution is 4.83. The molecule has 1 rings (SSSR count). The van der Waals surface area contributed by atoms with E-state index in [4.69, 9.17) is 20.1 Å². The molecule has 0 radical (unpaired) electrons. The minimum atomic E-state index is -1.07. The molecule has 0 aliphatic carbocycles. The molecule has 0 aromatic carbocycles. The van der Waals surface area contributed by atoms with E-state index in [0.29, 0.717) is 0 Å². The van der Waals surface area contributed by atoms with Gasteiger partial charge in [0.15, 0.2) is 0 Å². The Labute approximate surface area is 59.1 Å². The molecule has 1 heterocycles. The van der Waals surface area contributed by atoms with Crippen LogP contribution in [0.1, 0.15) is 6.92 Å². The number of hydrogen-bond donors (Lipinski definition) is 3. The molecule has 60 valence electrons. The quantitative estimate of drug-likeness (QED) is 0.390. The second-order valence-corrected chi connectivity index (χ2v) is 2.59. The Bertz CT molecular complexity index is 102. The summed E-state index contributed by atoms with van der Waals surface area (Å²) in [6.07, 6.45) is -3.38. The lowest BCUT2D eigenvalue weighted by atomic mass is 10.0. The van der Waals surface area contributed by atoms with Crippen molar-refractivity contribution < 1.29 is 20.1 Å². The van der Waals surface area contributed by atoms with Crippen LogP contribution < -0.4 is 0 Å². The number of rotatable bonds is 0. The van der Waals surface area contributed by atoms with E-state index in [1.165, 1.54) is 0 Å². The van der Waals surface area contributed by atoms with Crippen LogP contribution >= 0.6 is 0 Å². The molecule has 0 spiro atoms. The Morgan fingerprint density at radius 1 is 1.20 bits per heavy atom. The van der Waals surface area contributed by atoms with Crippen molar-refractivity contribution >= 4 is 0 Å². The Balaban J connectivity index is 2.52. The topological polar surface area (TPSA) is 69.9 Å². The van der Waals surface area contributed by atoms with Gasteiger partial charge in [-0.05, 0) is 6.92 Å². The predicted molar refractivity (Wildman–Crippen MR) is 33.4 cm³/mol. The third kappa shape index (κ3) is 1.29. The molecule has 1 fully saturated rings. The fraction of sp³-hybridized carbons (Fsp3) is 1.00. The molecule has 1 unspecified atom stereocenters. The van der Waals surface area contributed by atoms with Crippen LogP contribution in [0.25, 0.3) is 0 Å². The standard InChI is InChI=1S/C6H12O4/c1-3-5(8)6(9)4(7)2-10-3/h3-9H,2H2,1H3/t3-,4+,5+,6?/m0/s1. The first-order valence-electron chi connectivity index (χ1n) is 3.28. The number of hydrogen-bond acceptors (Lipinski definition) is 4. The highest BCUT2D eigenvalue weighted by atomic mass is 16.5. The van der Waals surface area contributed by atoms with E-state index in [9.17, 15) is 0 Å². The van der Waals surface area contributed by atoms with Crippen LogP contribution in [0.3, 0.4) is 0 Å². The normalized spacial score (nSPS) is 49.2. The Hall–Kier alpha value is -0.160. The van der Waals surface area contributed by atoms with Gasteiger partial charge < -0.3 is 20.1 Å². The van der Waals surface area contributed by atoms with E-state index in [-0.39, 0.29) is 6.61 Å². The van der Waals surface area contributed by atoms with Crippen LogP contribution in [0.15, 0.2) is 0 Å². The molecule has 1 aliphatic heterocycles. The van der Waals surface area contributed by atoms with Crippen molar-refractivity contribution in [3.05, 3.63) is 0 Å². The van der Waals surface area contributed by atoms with Gasteiger partial charge in [-0.15, -0.1) is 0 Å². The molecule has 0 amide bonds. The van der Waals surface area contributed by atoms with Gasteiger partial charge in [-0.1, -0.05) is 0 Å². The molecule has 0 saturated carbocycles. The van der Waals surface area contributed by atoms with E-state index < -0.39 is 24.4 Å². The van der Waals surface area contributed by atoms with Crippen LogP contribution in [0.4, 0.5) is 0 Å². The first-order valence-corrected chi connectivity index (χ1v) is 3.28. The largest absolute Gasteiger partial charge is 0.388 e. The summed E-state index contributed by atoms with van der Waals surface area (Å²) in [5.41, 5.74) is 0. The monoisotopic (exact) mass is 148 g/mol. The Morgan fingerprint density at radius 3 is 2.30 bits per heavy atom. The van der Waals surface area contributed by atoms with E-state index in [0.717, 1.165) is 0 Å². The second-order valence-electron chi connectivity index (χ2n) is 2.59. The van der Waals surface area contributed by atoms with Gasteiger partial charge in [-0.25, -0.2) is 0 Å². The van der Waals surface area contributed by atoms with Gasteiger partial charge in [0.05, 0.1) is 12.7 Å². The zero-order valence-electron chi connectivity index (χ0n) is 5.77. The molecule has 10 heavy (non-hydrogen) atoms. The molecule has 0 aromatic heterocycles. The molecular formula is C6H12O4. The summed E-state index contributed by atoms with van der Waals surface area (Å²) in [5.74, 6) is 0. The first kappa shape index (κ1) is 7.94. The first-order chi connectivity index (χ1) is 4.63. The zero-order chi connectivity index (χ0) is 7.72. The fourth-order valence-corrected chi connectivity index (χ4v) is 0.953. The molecule has 1 aliphatic rings. The van der Waals surface area contributed by atoms with Gasteiger partial charge in [0.25, 0.3) is 0 Å². The minimum Gasteiger partial charge on any atom is -0.388 e. The molecular weight excluding hydrogens is 136 g/mol. The smallest absolute Gasteiger partial charge is 0.110 e. The van der Waals surface area contributed by atoms with Gasteiger partial charge in [-0.3, -0.25) is 0 Å². The van der Waals surface area contributed by atoms with Crippen LogP contribution in [0.2, 0.25) is 0 Å². The third-order valence-corrected chi connectivity index (χ3v) is 1.75. The van der Waals surface area contributed by atoms with Gasteiger partial charge in [0, 0.05) is 0 Å². The maximum absolute atomic E-state index is 9.08. The molecule has 0 bridgehead atoms. The second kappa shape index (κ2) is 2.84. The van der Waals surface area contributed by atoms with Crippen molar-refractivity contribution in [3.63, 3.8) is 0 Å². The summed E-state index contributed by atoms with van der Waals surface area (Å²) in [7, 11) is 0. The van der Waals surface area contributed by atoms with Crippen molar-refractivity contribution in [2.45, 2.75) is 31.3 Å². The molecule has 3 N–H and O–H groups in total. The lowest BCUT2D eigenvalue weighted by molar-refractivity contribution is -0.181. The van der Waals surface area contributed by atoms with E-state index in [2.05, 4.69) is 0 Å². The van der Waals surface area contributed by atoms with E-state index >= 15 is 0 Å². The van der Waals surface area contributed by atoms with Crippen molar-refractivity contribution in [3.8, 4) is 0 Å². The van der Waals surface area contributed by atoms with E-state index in [1.54, 1.807) is 6.92 Å². The van der Waals surface area contributed by atoms with Gasteiger partial charge in [0.1, 0.15) is 18.3 Å². The van der Waals surface area contributed by atoms with Gasteiger partial charge in [-0.2, -0.15) is 0 Å². The SMILES string of the molecule is C[C@@H]1OC[C@@H](O)C(O)[C@@H]1O. The lowest BCUT2D eigenvalue weighted by Crippen LogP contribution is -2.51. The summed E-state index contributed by atoms with van der Waals surface area (Å²) in [5, 5.41) is 27.0. The van der Waals surface area contributed by atoms with Crippen molar-refractivity contribution in [2.75, 3.05) is 6.61 Å². The molecule has 1 saturated heterocycles. The predicted octanol–water partition coefficient (Wildman–Crippen LogP) is -1.51. The summed E-state index contributed by atoms with van der Waals surface area (Å²) >= 11 is 0. The molecule has 4 atom stereocenters. The van der Waals surface area contributed by atoms with Crippen LogP contribution in [0.5, 0.6) is 0 Å². The van der Waals surface area contributed by atoms with Gasteiger partial charge >= 0.3 is 0 Å². The number of ether oxygens (including phenoxy) is 1. The maximum atomic E-state index is 9.08. The van der Waals surface area contributed by atoms with Crippen molar-refractivity contribution in [1.29, 1.82) is 0 Å². The molecule has 4 heteroatoms. The van der Waals surface area contributed by atoms with Crippen LogP contribution in [0, 0.1) is 0 Å². The average Bonchev–Trinajstić information content (AvgIpc) is 1.93. The minimum absolute atomic E-state index is 0.0966.